The molecule has 0 bridgehead atoms. The number of nitrogens with one attached hydrogen (secondary N) is 1. The van der Waals surface area contributed by atoms with Gasteiger partial charge in [-0.15, -0.1) is 6.42 Å². The van der Waals surface area contributed by atoms with Gasteiger partial charge in [0, 0.05) is 19.0 Å². The summed E-state index contributed by atoms with van der Waals surface area (Å²) < 4.78 is 0. The highest BCUT2D eigenvalue weighted by atomic mass is 15.1. The summed E-state index contributed by atoms with van der Waals surface area (Å²) in [5.74, 6) is 3.92. The van der Waals surface area contributed by atoms with Crippen LogP contribution in [0.3, 0.4) is 0 Å². The lowest BCUT2D eigenvalue weighted by Crippen LogP contribution is -2.27. The highest BCUT2D eigenvalue weighted by Crippen LogP contribution is 2.20. The van der Waals surface area contributed by atoms with Crippen molar-refractivity contribution in [2.45, 2.75) is 46.6 Å². The molecule has 4 nitrogen and oxygen atoms in total. The molecule has 0 aliphatic rings. The Kier molecular flexibility index (Phi) is 7.03. The number of rotatable bonds is 8. The molecule has 0 aromatic carbocycles. The number of hydrogen-bond donors (Lipinski definition) is 1. The van der Waals surface area contributed by atoms with Gasteiger partial charge in [0.25, 0.3) is 0 Å². The summed E-state index contributed by atoms with van der Waals surface area (Å²) in [6, 6.07) is 0. The van der Waals surface area contributed by atoms with E-state index in [1.54, 1.807) is 0 Å². The summed E-state index contributed by atoms with van der Waals surface area (Å²) in [5.41, 5.74) is 2.08. The van der Waals surface area contributed by atoms with Crippen LogP contribution in [0.25, 0.3) is 0 Å². The smallest absolute Gasteiger partial charge is 0.131 e. The summed E-state index contributed by atoms with van der Waals surface area (Å²) >= 11 is 0. The number of hydrogen-bond acceptors (Lipinski definition) is 4. The third-order valence-corrected chi connectivity index (χ3v) is 3.10. The predicted molar refractivity (Wildman–Crippen MR) is 84.8 cm³/mol. The molecule has 0 amide bonds. The van der Waals surface area contributed by atoms with Crippen molar-refractivity contribution in [2.24, 2.45) is 0 Å². The van der Waals surface area contributed by atoms with Gasteiger partial charge in [0.15, 0.2) is 0 Å². The van der Waals surface area contributed by atoms with Gasteiger partial charge in [-0.1, -0.05) is 26.7 Å². The van der Waals surface area contributed by atoms with Gasteiger partial charge in [0.1, 0.15) is 5.82 Å². The number of terminal acetylenes is 1. The van der Waals surface area contributed by atoms with Crippen LogP contribution in [-0.4, -0.2) is 29.6 Å². The van der Waals surface area contributed by atoms with Crippen LogP contribution in [0.4, 0.5) is 5.69 Å². The Morgan fingerprint density at radius 3 is 2.70 bits per heavy atom. The second kappa shape index (κ2) is 8.55. The molecule has 1 aromatic rings. The minimum Gasteiger partial charge on any atom is -0.358 e. The molecule has 1 heterocycles. The third-order valence-electron chi connectivity index (χ3n) is 3.10. The molecule has 0 unspecified atom stereocenters. The minimum atomic E-state index is 0.330. The maximum atomic E-state index is 5.44. The van der Waals surface area contributed by atoms with Crippen LogP contribution < -0.4 is 10.2 Å². The van der Waals surface area contributed by atoms with E-state index in [-0.39, 0.29) is 0 Å². The van der Waals surface area contributed by atoms with Crippen LogP contribution in [0.1, 0.15) is 51.6 Å². The van der Waals surface area contributed by atoms with Gasteiger partial charge in [-0.05, 0) is 19.9 Å². The summed E-state index contributed by atoms with van der Waals surface area (Å²) in [7, 11) is 0. The molecule has 0 saturated carbocycles. The van der Waals surface area contributed by atoms with Crippen LogP contribution in [0, 0.1) is 12.3 Å². The van der Waals surface area contributed by atoms with Gasteiger partial charge < -0.3 is 10.2 Å². The molecule has 1 rings (SSSR count). The molecule has 4 heteroatoms. The molecular formula is C16H26N4. The Hall–Kier alpha value is -1.60. The van der Waals surface area contributed by atoms with Crippen LogP contribution in [-0.2, 0) is 6.54 Å². The van der Waals surface area contributed by atoms with Gasteiger partial charge in [-0.25, -0.2) is 9.97 Å². The predicted octanol–water partition coefficient (Wildman–Crippen LogP) is 2.56. The second-order valence-corrected chi connectivity index (χ2v) is 5.11. The zero-order valence-corrected chi connectivity index (χ0v) is 13.1. The van der Waals surface area contributed by atoms with E-state index in [0.717, 1.165) is 43.3 Å². The SMILES string of the molecule is C#CCN(CC)c1cnc(C(C)C)nc1CNCCC. The molecule has 20 heavy (non-hydrogen) atoms. The fourth-order valence-electron chi connectivity index (χ4n) is 1.96. The van der Waals surface area contributed by atoms with E-state index >= 15 is 0 Å². The Labute approximate surface area is 123 Å². The number of nitrogens with zero attached hydrogens (tertiary/aromatic N) is 3. The zero-order chi connectivity index (χ0) is 15.0. The Balaban J connectivity index is 3.04. The van der Waals surface area contributed by atoms with Gasteiger partial charge in [-0.3, -0.25) is 0 Å². The van der Waals surface area contributed by atoms with E-state index in [4.69, 9.17) is 11.4 Å². The standard InChI is InChI=1S/C16H26N4/c1-6-9-17-11-14-15(20(8-3)10-7-2)12-18-16(19-14)13(4)5/h2,12-13,17H,6,8-11H2,1,3-5H3. The molecule has 1 N–H and O–H groups in total. The average Bonchev–Trinajstić information content (AvgIpc) is 2.45. The summed E-state index contributed by atoms with van der Waals surface area (Å²) in [6.45, 7) is 11.7. The van der Waals surface area contributed by atoms with Gasteiger partial charge in [0.2, 0.25) is 0 Å². The van der Waals surface area contributed by atoms with Crippen molar-refractivity contribution in [1.29, 1.82) is 0 Å². The third kappa shape index (κ3) is 4.50. The second-order valence-electron chi connectivity index (χ2n) is 5.11. The first-order chi connectivity index (χ1) is 9.63. The van der Waals surface area contributed by atoms with Crippen molar-refractivity contribution >= 4 is 5.69 Å². The minimum absolute atomic E-state index is 0.330. The number of anilines is 1. The first-order valence-corrected chi connectivity index (χ1v) is 7.38. The normalized spacial score (nSPS) is 10.6. The highest BCUT2D eigenvalue weighted by molar-refractivity contribution is 5.50. The molecule has 0 saturated heterocycles. The fraction of sp³-hybridized carbons (Fsp3) is 0.625. The van der Waals surface area contributed by atoms with Crippen molar-refractivity contribution in [1.82, 2.24) is 15.3 Å². The molecule has 0 fully saturated rings. The van der Waals surface area contributed by atoms with Gasteiger partial charge in [0.05, 0.1) is 24.1 Å². The molecule has 0 aliphatic heterocycles. The maximum Gasteiger partial charge on any atom is 0.131 e. The lowest BCUT2D eigenvalue weighted by molar-refractivity contribution is 0.649. The zero-order valence-electron chi connectivity index (χ0n) is 13.1. The maximum absolute atomic E-state index is 5.44. The molecule has 0 spiro atoms. The van der Waals surface area contributed by atoms with E-state index in [9.17, 15) is 0 Å². The molecular weight excluding hydrogens is 248 g/mol. The first kappa shape index (κ1) is 16.5. The van der Waals surface area contributed by atoms with Crippen LogP contribution >= 0.6 is 0 Å². The Morgan fingerprint density at radius 1 is 1.40 bits per heavy atom. The first-order valence-electron chi connectivity index (χ1n) is 7.38. The number of aromatic nitrogens is 2. The Bertz CT molecular complexity index is 448. The van der Waals surface area contributed by atoms with E-state index in [1.165, 1.54) is 0 Å². The van der Waals surface area contributed by atoms with Crippen molar-refractivity contribution in [3.8, 4) is 12.3 Å². The van der Waals surface area contributed by atoms with Gasteiger partial charge >= 0.3 is 0 Å². The van der Waals surface area contributed by atoms with Gasteiger partial charge in [-0.2, -0.15) is 0 Å². The monoisotopic (exact) mass is 274 g/mol. The van der Waals surface area contributed by atoms with Crippen molar-refractivity contribution < 1.29 is 0 Å². The van der Waals surface area contributed by atoms with E-state index < -0.39 is 0 Å². The molecule has 0 radical (unpaired) electrons. The molecule has 1 aromatic heterocycles. The summed E-state index contributed by atoms with van der Waals surface area (Å²) in [6.07, 6.45) is 8.46. The van der Waals surface area contributed by atoms with Crippen molar-refractivity contribution in [2.75, 3.05) is 24.5 Å². The largest absolute Gasteiger partial charge is 0.358 e. The molecule has 0 atom stereocenters. The fourth-order valence-corrected chi connectivity index (χ4v) is 1.96. The van der Waals surface area contributed by atoms with Crippen LogP contribution in [0.15, 0.2) is 6.20 Å². The summed E-state index contributed by atoms with van der Waals surface area (Å²) in [5, 5.41) is 3.41. The van der Waals surface area contributed by atoms with E-state index in [0.29, 0.717) is 12.5 Å². The van der Waals surface area contributed by atoms with E-state index in [2.05, 4.69) is 48.8 Å². The molecule has 0 aliphatic carbocycles. The highest BCUT2D eigenvalue weighted by Gasteiger charge is 2.13. The van der Waals surface area contributed by atoms with Crippen molar-refractivity contribution in [3.05, 3.63) is 17.7 Å². The van der Waals surface area contributed by atoms with Crippen molar-refractivity contribution in [3.63, 3.8) is 0 Å². The lowest BCUT2D eigenvalue weighted by Gasteiger charge is -2.23. The van der Waals surface area contributed by atoms with Crippen LogP contribution in [0.5, 0.6) is 0 Å². The molecule has 110 valence electrons. The Morgan fingerprint density at radius 2 is 2.15 bits per heavy atom. The van der Waals surface area contributed by atoms with Crippen LogP contribution in [0.2, 0.25) is 0 Å². The topological polar surface area (TPSA) is 41.1 Å². The van der Waals surface area contributed by atoms with E-state index in [1.807, 2.05) is 6.20 Å². The lowest BCUT2D eigenvalue weighted by atomic mass is 10.2. The average molecular weight is 274 g/mol. The quantitative estimate of drug-likeness (QED) is 0.584. The summed E-state index contributed by atoms with van der Waals surface area (Å²) in [4.78, 5) is 11.3.